The Labute approximate surface area is 107 Å². The Morgan fingerprint density at radius 2 is 2.39 bits per heavy atom. The van der Waals surface area contributed by atoms with Crippen LogP contribution in [-0.4, -0.2) is 35.8 Å². The lowest BCUT2D eigenvalue weighted by Gasteiger charge is -2.23. The molecule has 1 aliphatic rings. The van der Waals surface area contributed by atoms with E-state index in [2.05, 4.69) is 40.4 Å². The highest BCUT2D eigenvalue weighted by atomic mass is 16.5. The summed E-state index contributed by atoms with van der Waals surface area (Å²) in [6.45, 7) is 4.70. The zero-order valence-corrected chi connectivity index (χ0v) is 10.7. The van der Waals surface area contributed by atoms with Gasteiger partial charge >= 0.3 is 0 Å². The maximum absolute atomic E-state index is 5.48. The van der Waals surface area contributed by atoms with Gasteiger partial charge in [-0.3, -0.25) is 0 Å². The van der Waals surface area contributed by atoms with Crippen molar-refractivity contribution in [2.24, 2.45) is 0 Å². The van der Waals surface area contributed by atoms with Crippen LogP contribution in [0.4, 0.5) is 0 Å². The molecule has 1 saturated heterocycles. The lowest BCUT2D eigenvalue weighted by molar-refractivity contribution is 0.0770. The summed E-state index contributed by atoms with van der Waals surface area (Å²) in [5.74, 6) is 1.06. The second-order valence-electron chi connectivity index (χ2n) is 4.82. The fourth-order valence-corrected chi connectivity index (χ4v) is 2.44. The lowest BCUT2D eigenvalue weighted by Crippen LogP contribution is -2.42. The smallest absolute Gasteiger partial charge is 0.106 e. The number of H-pyrrole nitrogens is 1. The van der Waals surface area contributed by atoms with E-state index in [1.807, 2.05) is 0 Å². The standard InChI is InChI=1S/C14H19N3O/c1-2-14-16-12-4-3-10(8-13(12)17-14)7-11-9-18-6-5-15-11/h3-4,8,11,15H,2,5-7,9H2,1H3,(H,16,17). The number of hydrogen-bond acceptors (Lipinski definition) is 3. The summed E-state index contributed by atoms with van der Waals surface area (Å²) in [6.07, 6.45) is 1.96. The van der Waals surface area contributed by atoms with E-state index in [4.69, 9.17) is 4.74 Å². The van der Waals surface area contributed by atoms with Crippen molar-refractivity contribution in [1.82, 2.24) is 15.3 Å². The van der Waals surface area contributed by atoms with Gasteiger partial charge in [0.2, 0.25) is 0 Å². The summed E-state index contributed by atoms with van der Waals surface area (Å²) in [5.41, 5.74) is 3.53. The molecule has 2 aromatic rings. The number of morpholine rings is 1. The number of ether oxygens (including phenoxy) is 1. The average molecular weight is 245 g/mol. The van der Waals surface area contributed by atoms with E-state index in [0.29, 0.717) is 6.04 Å². The zero-order valence-electron chi connectivity index (χ0n) is 10.7. The highest BCUT2D eigenvalue weighted by molar-refractivity contribution is 5.75. The van der Waals surface area contributed by atoms with Crippen LogP contribution in [0.15, 0.2) is 18.2 Å². The molecular formula is C14H19N3O. The molecule has 0 bridgehead atoms. The largest absolute Gasteiger partial charge is 0.379 e. The average Bonchev–Trinajstić information content (AvgIpc) is 2.82. The van der Waals surface area contributed by atoms with Gasteiger partial charge < -0.3 is 15.0 Å². The fraction of sp³-hybridized carbons (Fsp3) is 0.500. The number of rotatable bonds is 3. The third kappa shape index (κ3) is 2.40. The molecular weight excluding hydrogens is 226 g/mol. The first-order chi connectivity index (χ1) is 8.85. The first kappa shape index (κ1) is 11.7. The molecule has 1 unspecified atom stereocenters. The molecule has 18 heavy (non-hydrogen) atoms. The Morgan fingerprint density at radius 3 is 3.17 bits per heavy atom. The summed E-state index contributed by atoms with van der Waals surface area (Å²) < 4.78 is 5.48. The molecule has 0 spiro atoms. The van der Waals surface area contributed by atoms with Gasteiger partial charge in [0, 0.05) is 19.0 Å². The van der Waals surface area contributed by atoms with Crippen molar-refractivity contribution >= 4 is 11.0 Å². The van der Waals surface area contributed by atoms with Crippen LogP contribution in [0.5, 0.6) is 0 Å². The molecule has 1 aromatic heterocycles. The Hall–Kier alpha value is -1.39. The summed E-state index contributed by atoms with van der Waals surface area (Å²) in [6, 6.07) is 6.91. The number of aromatic nitrogens is 2. The van der Waals surface area contributed by atoms with E-state index in [1.165, 1.54) is 5.56 Å². The van der Waals surface area contributed by atoms with Gasteiger partial charge in [-0.1, -0.05) is 13.0 Å². The van der Waals surface area contributed by atoms with Gasteiger partial charge in [0.1, 0.15) is 5.82 Å². The van der Waals surface area contributed by atoms with E-state index >= 15 is 0 Å². The molecule has 0 saturated carbocycles. The Bertz CT molecular complexity index is 529. The first-order valence-electron chi connectivity index (χ1n) is 6.64. The van der Waals surface area contributed by atoms with Crippen molar-refractivity contribution in [3.8, 4) is 0 Å². The van der Waals surface area contributed by atoms with Crippen molar-refractivity contribution in [1.29, 1.82) is 0 Å². The number of benzene rings is 1. The molecule has 0 aliphatic carbocycles. The molecule has 1 fully saturated rings. The molecule has 0 amide bonds. The van der Waals surface area contributed by atoms with Gasteiger partial charge in [0.25, 0.3) is 0 Å². The predicted octanol–water partition coefficient (Wildman–Crippen LogP) is 1.66. The number of nitrogens with zero attached hydrogens (tertiary/aromatic N) is 1. The quantitative estimate of drug-likeness (QED) is 0.864. The van der Waals surface area contributed by atoms with Crippen molar-refractivity contribution < 1.29 is 4.74 Å². The summed E-state index contributed by atoms with van der Waals surface area (Å²) in [4.78, 5) is 7.88. The minimum Gasteiger partial charge on any atom is -0.379 e. The van der Waals surface area contributed by atoms with Crippen LogP contribution in [0, 0.1) is 0 Å². The molecule has 0 radical (unpaired) electrons. The monoisotopic (exact) mass is 245 g/mol. The van der Waals surface area contributed by atoms with Crippen LogP contribution in [-0.2, 0) is 17.6 Å². The topological polar surface area (TPSA) is 49.9 Å². The minimum atomic E-state index is 0.435. The normalized spacial score (nSPS) is 20.4. The molecule has 3 rings (SSSR count). The van der Waals surface area contributed by atoms with Crippen LogP contribution < -0.4 is 5.32 Å². The summed E-state index contributed by atoms with van der Waals surface area (Å²) in [7, 11) is 0. The third-order valence-corrected chi connectivity index (χ3v) is 3.41. The summed E-state index contributed by atoms with van der Waals surface area (Å²) >= 11 is 0. The van der Waals surface area contributed by atoms with Gasteiger partial charge in [0.05, 0.1) is 24.2 Å². The highest BCUT2D eigenvalue weighted by Gasteiger charge is 2.13. The maximum atomic E-state index is 5.48. The van der Waals surface area contributed by atoms with Gasteiger partial charge in [-0.15, -0.1) is 0 Å². The molecule has 4 heteroatoms. The van der Waals surface area contributed by atoms with Crippen molar-refractivity contribution in [3.05, 3.63) is 29.6 Å². The lowest BCUT2D eigenvalue weighted by atomic mass is 10.1. The van der Waals surface area contributed by atoms with Crippen molar-refractivity contribution in [3.63, 3.8) is 0 Å². The maximum Gasteiger partial charge on any atom is 0.106 e. The van der Waals surface area contributed by atoms with Crippen LogP contribution in [0.2, 0.25) is 0 Å². The minimum absolute atomic E-state index is 0.435. The SMILES string of the molecule is CCc1nc2ccc(CC3COCCN3)cc2[nH]1. The number of nitrogens with one attached hydrogen (secondary N) is 2. The van der Waals surface area contributed by atoms with E-state index < -0.39 is 0 Å². The van der Waals surface area contributed by atoms with Crippen LogP contribution in [0.25, 0.3) is 11.0 Å². The van der Waals surface area contributed by atoms with E-state index in [9.17, 15) is 0 Å². The zero-order chi connectivity index (χ0) is 12.4. The molecule has 2 N–H and O–H groups in total. The molecule has 2 heterocycles. The Morgan fingerprint density at radius 1 is 1.44 bits per heavy atom. The second-order valence-corrected chi connectivity index (χ2v) is 4.82. The van der Waals surface area contributed by atoms with Crippen molar-refractivity contribution in [2.75, 3.05) is 19.8 Å². The molecule has 1 atom stereocenters. The number of hydrogen-bond donors (Lipinski definition) is 2. The summed E-state index contributed by atoms with van der Waals surface area (Å²) in [5, 5.41) is 3.48. The van der Waals surface area contributed by atoms with Gasteiger partial charge in [-0.05, 0) is 24.1 Å². The van der Waals surface area contributed by atoms with Crippen molar-refractivity contribution in [2.45, 2.75) is 25.8 Å². The molecule has 1 aliphatic heterocycles. The van der Waals surface area contributed by atoms with E-state index in [0.717, 1.165) is 49.5 Å². The number of imidazole rings is 1. The first-order valence-corrected chi connectivity index (χ1v) is 6.64. The molecule has 96 valence electrons. The second kappa shape index (κ2) is 5.08. The Kier molecular flexibility index (Phi) is 3.30. The van der Waals surface area contributed by atoms with Crippen LogP contribution in [0.3, 0.4) is 0 Å². The van der Waals surface area contributed by atoms with E-state index in [-0.39, 0.29) is 0 Å². The van der Waals surface area contributed by atoms with Gasteiger partial charge in [0.15, 0.2) is 0 Å². The predicted molar refractivity (Wildman–Crippen MR) is 71.8 cm³/mol. The number of fused-ring (bicyclic) bond motifs is 1. The third-order valence-electron chi connectivity index (χ3n) is 3.41. The fourth-order valence-electron chi connectivity index (χ4n) is 2.44. The van der Waals surface area contributed by atoms with Crippen LogP contribution >= 0.6 is 0 Å². The highest BCUT2D eigenvalue weighted by Crippen LogP contribution is 2.15. The van der Waals surface area contributed by atoms with Crippen LogP contribution in [0.1, 0.15) is 18.3 Å². The van der Waals surface area contributed by atoms with E-state index in [1.54, 1.807) is 0 Å². The molecule has 1 aromatic carbocycles. The molecule has 4 nitrogen and oxygen atoms in total. The van der Waals surface area contributed by atoms with Gasteiger partial charge in [-0.25, -0.2) is 4.98 Å². The Balaban J connectivity index is 1.79. The van der Waals surface area contributed by atoms with Gasteiger partial charge in [-0.2, -0.15) is 0 Å². The number of aromatic amines is 1. The number of aryl methyl sites for hydroxylation is 1.